The number of aliphatic hydroxyl groups is 1. The lowest BCUT2D eigenvalue weighted by Crippen LogP contribution is -2.15. The van der Waals surface area contributed by atoms with Crippen LogP contribution < -0.4 is 10.0 Å². The van der Waals surface area contributed by atoms with Crippen molar-refractivity contribution >= 4 is 38.3 Å². The van der Waals surface area contributed by atoms with Crippen LogP contribution in [0.3, 0.4) is 0 Å². The average molecular weight is 476 g/mol. The molecule has 0 saturated heterocycles. The van der Waals surface area contributed by atoms with E-state index < -0.39 is 10.0 Å². The lowest BCUT2D eigenvalue weighted by Gasteiger charge is -2.09. The maximum Gasteiger partial charge on any atom is 0.264 e. The standard InChI is InChI=1S/C24H21N5O4S/c30-14-17-13-25-12-16-2-5-18(10-20(16)17)28-23(31)22-11-21(22)15-3-6-19(7-4-15)34(32,33)29-24-26-8-1-9-27-24/h1-10,12-13,21-22,30H,11,14H2,(H,28,31)(H,26,27,29)/t21-,22+/m0/s1. The van der Waals surface area contributed by atoms with Gasteiger partial charge in [-0.2, -0.15) is 0 Å². The summed E-state index contributed by atoms with van der Waals surface area (Å²) in [6.07, 6.45) is 6.91. The number of aromatic nitrogens is 3. The van der Waals surface area contributed by atoms with Crippen molar-refractivity contribution in [2.45, 2.75) is 23.8 Å². The van der Waals surface area contributed by atoms with Crippen molar-refractivity contribution in [3.05, 3.63) is 84.4 Å². The van der Waals surface area contributed by atoms with E-state index in [0.29, 0.717) is 17.7 Å². The normalized spacial score (nSPS) is 17.3. The SMILES string of the molecule is O=C(Nc1ccc2cncc(CO)c2c1)[C@@H]1C[C@H]1c1ccc(S(=O)(=O)Nc2ncccn2)cc1. The maximum atomic E-state index is 12.8. The molecule has 4 aromatic rings. The second-order valence-electron chi connectivity index (χ2n) is 8.08. The Morgan fingerprint density at radius 2 is 1.82 bits per heavy atom. The molecule has 0 radical (unpaired) electrons. The van der Waals surface area contributed by atoms with Gasteiger partial charge in [0.05, 0.1) is 11.5 Å². The number of aliphatic hydroxyl groups excluding tert-OH is 1. The van der Waals surface area contributed by atoms with E-state index >= 15 is 0 Å². The number of fused-ring (bicyclic) bond motifs is 1. The van der Waals surface area contributed by atoms with Gasteiger partial charge in [-0.1, -0.05) is 18.2 Å². The fourth-order valence-corrected chi connectivity index (χ4v) is 4.90. The Bertz CT molecular complexity index is 1460. The number of pyridine rings is 1. The number of carbonyl (C=O) groups is 1. The molecule has 5 rings (SSSR count). The first kappa shape index (κ1) is 21.9. The predicted molar refractivity (Wildman–Crippen MR) is 126 cm³/mol. The van der Waals surface area contributed by atoms with Gasteiger partial charge in [0.15, 0.2) is 0 Å². The highest BCUT2D eigenvalue weighted by atomic mass is 32.2. The average Bonchev–Trinajstić information content (AvgIpc) is 3.65. The Hall–Kier alpha value is -3.89. The van der Waals surface area contributed by atoms with E-state index in [4.69, 9.17) is 0 Å². The zero-order valence-electron chi connectivity index (χ0n) is 17.9. The molecule has 1 fully saturated rings. The van der Waals surface area contributed by atoms with Gasteiger partial charge in [-0.3, -0.25) is 9.78 Å². The molecule has 0 unspecified atom stereocenters. The minimum absolute atomic E-state index is 0.00145. The molecule has 172 valence electrons. The molecule has 0 bridgehead atoms. The second-order valence-corrected chi connectivity index (χ2v) is 9.76. The minimum Gasteiger partial charge on any atom is -0.392 e. The monoisotopic (exact) mass is 475 g/mol. The molecule has 1 aliphatic rings. The number of anilines is 2. The summed E-state index contributed by atoms with van der Waals surface area (Å²) in [7, 11) is -3.81. The molecule has 9 nitrogen and oxygen atoms in total. The zero-order valence-corrected chi connectivity index (χ0v) is 18.7. The van der Waals surface area contributed by atoms with E-state index in [-0.39, 0.29) is 35.2 Å². The molecule has 1 amide bonds. The van der Waals surface area contributed by atoms with Crippen LogP contribution in [0.4, 0.5) is 11.6 Å². The van der Waals surface area contributed by atoms with Crippen LogP contribution in [0.1, 0.15) is 23.5 Å². The van der Waals surface area contributed by atoms with E-state index in [9.17, 15) is 18.3 Å². The van der Waals surface area contributed by atoms with E-state index in [2.05, 4.69) is 25.0 Å². The molecule has 1 saturated carbocycles. The lowest BCUT2D eigenvalue weighted by atomic mass is 10.1. The van der Waals surface area contributed by atoms with Crippen molar-refractivity contribution in [1.29, 1.82) is 0 Å². The van der Waals surface area contributed by atoms with Crippen LogP contribution >= 0.6 is 0 Å². The van der Waals surface area contributed by atoms with Gasteiger partial charge in [-0.05, 0) is 53.6 Å². The molecule has 3 N–H and O–H groups in total. The topological polar surface area (TPSA) is 134 Å². The van der Waals surface area contributed by atoms with Gasteiger partial charge in [0, 0.05) is 47.3 Å². The quantitative estimate of drug-likeness (QED) is 0.374. The van der Waals surface area contributed by atoms with Crippen molar-refractivity contribution in [1.82, 2.24) is 15.0 Å². The van der Waals surface area contributed by atoms with E-state index in [1.165, 1.54) is 24.5 Å². The van der Waals surface area contributed by atoms with E-state index in [1.807, 2.05) is 18.2 Å². The van der Waals surface area contributed by atoms with Crippen molar-refractivity contribution in [2.75, 3.05) is 10.0 Å². The molecule has 2 aromatic carbocycles. The smallest absolute Gasteiger partial charge is 0.264 e. The van der Waals surface area contributed by atoms with Crippen LogP contribution in [-0.4, -0.2) is 34.4 Å². The summed E-state index contributed by atoms with van der Waals surface area (Å²) < 4.78 is 27.4. The summed E-state index contributed by atoms with van der Waals surface area (Å²) in [6, 6.07) is 13.6. The molecule has 0 spiro atoms. The highest BCUT2D eigenvalue weighted by Crippen LogP contribution is 2.48. The van der Waals surface area contributed by atoms with Crippen LogP contribution in [0.2, 0.25) is 0 Å². The summed E-state index contributed by atoms with van der Waals surface area (Å²) >= 11 is 0. The zero-order chi connectivity index (χ0) is 23.7. The fourth-order valence-electron chi connectivity index (χ4n) is 3.94. The summed E-state index contributed by atoms with van der Waals surface area (Å²) in [5.41, 5.74) is 2.25. The molecular weight excluding hydrogens is 454 g/mol. The minimum atomic E-state index is -3.81. The fraction of sp³-hybridized carbons (Fsp3) is 0.167. The Kier molecular flexibility index (Phi) is 5.68. The summed E-state index contributed by atoms with van der Waals surface area (Å²) in [5.74, 6) is -0.256. The third kappa shape index (κ3) is 4.45. The third-order valence-corrected chi connectivity index (χ3v) is 7.16. The molecule has 10 heteroatoms. The van der Waals surface area contributed by atoms with Crippen LogP contribution in [0.15, 0.2) is 78.2 Å². The lowest BCUT2D eigenvalue weighted by molar-refractivity contribution is -0.117. The Balaban J connectivity index is 1.25. The molecule has 2 heterocycles. The number of amides is 1. The van der Waals surface area contributed by atoms with Crippen molar-refractivity contribution in [2.24, 2.45) is 5.92 Å². The van der Waals surface area contributed by atoms with Crippen LogP contribution in [0.25, 0.3) is 10.8 Å². The Morgan fingerprint density at radius 3 is 2.56 bits per heavy atom. The van der Waals surface area contributed by atoms with Crippen molar-refractivity contribution < 1.29 is 18.3 Å². The highest BCUT2D eigenvalue weighted by molar-refractivity contribution is 7.92. The molecule has 2 aromatic heterocycles. The molecule has 34 heavy (non-hydrogen) atoms. The molecule has 1 aliphatic carbocycles. The predicted octanol–water partition coefficient (Wildman–Crippen LogP) is 3.06. The number of hydrogen-bond donors (Lipinski definition) is 3. The number of nitrogens with zero attached hydrogens (tertiary/aromatic N) is 3. The first-order valence-electron chi connectivity index (χ1n) is 10.6. The van der Waals surface area contributed by atoms with Gasteiger partial charge >= 0.3 is 0 Å². The van der Waals surface area contributed by atoms with Crippen LogP contribution in [0.5, 0.6) is 0 Å². The summed E-state index contributed by atoms with van der Waals surface area (Å²) in [5, 5.41) is 14.2. The number of sulfonamides is 1. The van der Waals surface area contributed by atoms with Gasteiger partial charge in [-0.25, -0.2) is 23.1 Å². The first-order chi connectivity index (χ1) is 16.4. The molecular formula is C24H21N5O4S. The van der Waals surface area contributed by atoms with E-state index in [1.54, 1.807) is 30.6 Å². The van der Waals surface area contributed by atoms with Crippen molar-refractivity contribution in [3.63, 3.8) is 0 Å². The van der Waals surface area contributed by atoms with Crippen molar-refractivity contribution in [3.8, 4) is 0 Å². The molecule has 2 atom stereocenters. The van der Waals surface area contributed by atoms with Crippen LogP contribution in [-0.2, 0) is 21.4 Å². The van der Waals surface area contributed by atoms with E-state index in [0.717, 1.165) is 16.3 Å². The maximum absolute atomic E-state index is 12.8. The van der Waals surface area contributed by atoms with Gasteiger partial charge in [-0.15, -0.1) is 0 Å². The Labute approximate surface area is 196 Å². The van der Waals surface area contributed by atoms with Gasteiger partial charge < -0.3 is 10.4 Å². The van der Waals surface area contributed by atoms with Gasteiger partial charge in [0.1, 0.15) is 0 Å². The number of nitrogens with one attached hydrogen (secondary N) is 2. The summed E-state index contributed by atoms with van der Waals surface area (Å²) in [6.45, 7) is -0.133. The van der Waals surface area contributed by atoms with Crippen LogP contribution in [0, 0.1) is 5.92 Å². The number of rotatable bonds is 7. The Morgan fingerprint density at radius 1 is 1.06 bits per heavy atom. The highest BCUT2D eigenvalue weighted by Gasteiger charge is 2.44. The summed E-state index contributed by atoms with van der Waals surface area (Å²) in [4.78, 5) is 24.7. The second kappa shape index (κ2) is 8.81. The number of carbonyl (C=O) groups excluding carboxylic acids is 1. The number of hydrogen-bond acceptors (Lipinski definition) is 7. The van der Waals surface area contributed by atoms with Gasteiger partial charge in [0.25, 0.3) is 10.0 Å². The largest absolute Gasteiger partial charge is 0.392 e. The number of benzene rings is 2. The molecule has 0 aliphatic heterocycles. The van der Waals surface area contributed by atoms with Gasteiger partial charge in [0.2, 0.25) is 11.9 Å². The first-order valence-corrected chi connectivity index (χ1v) is 12.1. The third-order valence-electron chi connectivity index (χ3n) is 5.82.